The van der Waals surface area contributed by atoms with Gasteiger partial charge in [0.2, 0.25) is 0 Å². The first-order valence-electron chi connectivity index (χ1n) is 10.5. The first-order chi connectivity index (χ1) is 15.2. The van der Waals surface area contributed by atoms with Gasteiger partial charge >= 0.3 is 0 Å². The van der Waals surface area contributed by atoms with Crippen molar-refractivity contribution in [3.05, 3.63) is 83.9 Å². The molecule has 0 aromatic heterocycles. The number of nitrogens with zero attached hydrogens (tertiary/aromatic N) is 2. The number of fused-ring (bicyclic) bond motifs is 1. The second-order valence-electron chi connectivity index (χ2n) is 7.66. The van der Waals surface area contributed by atoms with E-state index in [2.05, 4.69) is 34.5 Å². The Morgan fingerprint density at radius 1 is 0.903 bits per heavy atom. The van der Waals surface area contributed by atoms with Gasteiger partial charge in [0.15, 0.2) is 0 Å². The molecule has 0 radical (unpaired) electrons. The average Bonchev–Trinajstić information content (AvgIpc) is 2.85. The van der Waals surface area contributed by atoms with Gasteiger partial charge in [-0.25, -0.2) is 0 Å². The van der Waals surface area contributed by atoms with Gasteiger partial charge in [0, 0.05) is 30.2 Å². The van der Waals surface area contributed by atoms with Gasteiger partial charge in [0.1, 0.15) is 11.9 Å². The van der Waals surface area contributed by atoms with Crippen molar-refractivity contribution in [3.63, 3.8) is 0 Å². The Labute approximate surface area is 182 Å². The fraction of sp³-hybridized carbons (Fsp3) is 0.240. The lowest BCUT2D eigenvalue weighted by atomic mass is 10.0. The summed E-state index contributed by atoms with van der Waals surface area (Å²) >= 11 is 0. The van der Waals surface area contributed by atoms with Gasteiger partial charge in [-0.3, -0.25) is 9.69 Å². The summed E-state index contributed by atoms with van der Waals surface area (Å²) in [5.41, 5.74) is 4.52. The average molecular weight is 415 g/mol. The van der Waals surface area contributed by atoms with Crippen molar-refractivity contribution < 1.29 is 14.3 Å². The molecule has 2 aliphatic rings. The summed E-state index contributed by atoms with van der Waals surface area (Å²) in [4.78, 5) is 17.6. The molecule has 1 amide bonds. The Kier molecular flexibility index (Phi) is 5.22. The standard InChI is InChI=1S/C25H25N3O3/c1-30-21-12-10-20(11-13-21)28-24(26-23-5-3-2-4-22(23)25(28)29)18-6-8-19(9-7-18)27-14-16-31-17-15-27/h2-13,24,26H,14-17H2,1H3/t24-/m0/s1. The molecule has 6 nitrogen and oxygen atoms in total. The van der Waals surface area contributed by atoms with Crippen LogP contribution in [-0.2, 0) is 4.74 Å². The number of ether oxygens (including phenoxy) is 2. The zero-order valence-electron chi connectivity index (χ0n) is 17.5. The maximum absolute atomic E-state index is 13.5. The highest BCUT2D eigenvalue weighted by Crippen LogP contribution is 2.37. The fourth-order valence-corrected chi connectivity index (χ4v) is 4.18. The molecule has 6 heteroatoms. The van der Waals surface area contributed by atoms with Crippen molar-refractivity contribution >= 4 is 23.0 Å². The van der Waals surface area contributed by atoms with E-state index in [1.54, 1.807) is 7.11 Å². The first kappa shape index (κ1) is 19.5. The molecule has 1 N–H and O–H groups in total. The summed E-state index contributed by atoms with van der Waals surface area (Å²) < 4.78 is 10.7. The summed E-state index contributed by atoms with van der Waals surface area (Å²) in [6.45, 7) is 3.29. The van der Waals surface area contributed by atoms with E-state index < -0.39 is 0 Å². The Bertz CT molecular complexity index is 1060. The number of para-hydroxylation sites is 1. The molecule has 0 spiro atoms. The summed E-state index contributed by atoms with van der Waals surface area (Å²) in [6.07, 6.45) is -0.311. The molecule has 1 saturated heterocycles. The largest absolute Gasteiger partial charge is 0.497 e. The minimum atomic E-state index is -0.311. The van der Waals surface area contributed by atoms with Crippen LogP contribution in [0.25, 0.3) is 0 Å². The van der Waals surface area contributed by atoms with Crippen LogP contribution in [0.3, 0.4) is 0 Å². The number of morpholine rings is 1. The molecule has 158 valence electrons. The number of anilines is 3. The number of hydrogen-bond acceptors (Lipinski definition) is 5. The molecule has 0 saturated carbocycles. The molecule has 2 heterocycles. The minimum Gasteiger partial charge on any atom is -0.497 e. The molecule has 1 fully saturated rings. The summed E-state index contributed by atoms with van der Waals surface area (Å²) in [7, 11) is 1.64. The maximum atomic E-state index is 13.5. The quantitative estimate of drug-likeness (QED) is 0.689. The topological polar surface area (TPSA) is 54.0 Å². The van der Waals surface area contributed by atoms with Gasteiger partial charge in [-0.2, -0.15) is 0 Å². The van der Waals surface area contributed by atoms with Gasteiger partial charge in [-0.15, -0.1) is 0 Å². The van der Waals surface area contributed by atoms with E-state index in [-0.39, 0.29) is 12.1 Å². The van der Waals surface area contributed by atoms with Gasteiger partial charge in [-0.1, -0.05) is 24.3 Å². The van der Waals surface area contributed by atoms with Crippen LogP contribution in [0.4, 0.5) is 17.1 Å². The monoisotopic (exact) mass is 415 g/mol. The maximum Gasteiger partial charge on any atom is 0.262 e. The van der Waals surface area contributed by atoms with Gasteiger partial charge < -0.3 is 19.7 Å². The lowest BCUT2D eigenvalue weighted by molar-refractivity contribution is 0.0975. The van der Waals surface area contributed by atoms with E-state index in [1.807, 2.05) is 53.4 Å². The highest BCUT2D eigenvalue weighted by Gasteiger charge is 2.34. The summed E-state index contributed by atoms with van der Waals surface area (Å²) in [5, 5.41) is 3.56. The lowest BCUT2D eigenvalue weighted by Gasteiger charge is -2.38. The van der Waals surface area contributed by atoms with E-state index >= 15 is 0 Å². The molecule has 1 atom stereocenters. The number of rotatable bonds is 4. The van der Waals surface area contributed by atoms with Crippen molar-refractivity contribution in [1.82, 2.24) is 0 Å². The first-order valence-corrected chi connectivity index (χ1v) is 10.5. The molecule has 0 bridgehead atoms. The molecule has 0 unspecified atom stereocenters. The van der Waals surface area contributed by atoms with Crippen molar-refractivity contribution in [2.75, 3.05) is 48.5 Å². The van der Waals surface area contributed by atoms with Crippen LogP contribution in [0.5, 0.6) is 5.75 Å². The number of carbonyl (C=O) groups excluding carboxylic acids is 1. The SMILES string of the molecule is COc1ccc(N2C(=O)c3ccccc3N[C@@H]2c2ccc(N3CCOCC3)cc2)cc1. The zero-order chi connectivity index (χ0) is 21.2. The Hall–Kier alpha value is -3.51. The van der Waals surface area contributed by atoms with Gasteiger partial charge in [0.05, 0.1) is 25.9 Å². The predicted molar refractivity (Wildman–Crippen MR) is 122 cm³/mol. The Morgan fingerprint density at radius 2 is 1.58 bits per heavy atom. The number of carbonyl (C=O) groups is 1. The molecule has 3 aromatic rings. The third-order valence-electron chi connectivity index (χ3n) is 5.86. The van der Waals surface area contributed by atoms with Crippen LogP contribution >= 0.6 is 0 Å². The van der Waals surface area contributed by atoms with Crippen molar-refractivity contribution in [2.45, 2.75) is 6.17 Å². The van der Waals surface area contributed by atoms with Crippen LogP contribution in [0.15, 0.2) is 72.8 Å². The van der Waals surface area contributed by atoms with E-state index in [1.165, 1.54) is 5.69 Å². The van der Waals surface area contributed by atoms with E-state index in [0.717, 1.165) is 49.0 Å². The van der Waals surface area contributed by atoms with E-state index in [4.69, 9.17) is 9.47 Å². The minimum absolute atomic E-state index is 0.0261. The van der Waals surface area contributed by atoms with Gasteiger partial charge in [0.25, 0.3) is 5.91 Å². The third kappa shape index (κ3) is 3.70. The van der Waals surface area contributed by atoms with Crippen LogP contribution in [0, 0.1) is 0 Å². The van der Waals surface area contributed by atoms with Crippen molar-refractivity contribution in [1.29, 1.82) is 0 Å². The highest BCUT2D eigenvalue weighted by molar-refractivity contribution is 6.12. The molecular formula is C25H25N3O3. The molecular weight excluding hydrogens is 390 g/mol. The second kappa shape index (κ2) is 8.32. The lowest BCUT2D eigenvalue weighted by Crippen LogP contribution is -2.43. The fourth-order valence-electron chi connectivity index (χ4n) is 4.18. The Morgan fingerprint density at radius 3 is 2.29 bits per heavy atom. The van der Waals surface area contributed by atoms with E-state index in [9.17, 15) is 4.79 Å². The second-order valence-corrected chi connectivity index (χ2v) is 7.66. The van der Waals surface area contributed by atoms with Crippen LogP contribution < -0.4 is 19.9 Å². The summed E-state index contributed by atoms with van der Waals surface area (Å²) in [6, 6.07) is 23.7. The zero-order valence-corrected chi connectivity index (χ0v) is 17.5. The summed E-state index contributed by atoms with van der Waals surface area (Å²) in [5.74, 6) is 0.731. The van der Waals surface area contributed by atoms with Crippen LogP contribution in [0.2, 0.25) is 0 Å². The predicted octanol–water partition coefficient (Wildman–Crippen LogP) is 4.30. The number of nitrogens with one attached hydrogen (secondary N) is 1. The van der Waals surface area contributed by atoms with Gasteiger partial charge in [-0.05, 0) is 54.1 Å². The molecule has 3 aromatic carbocycles. The molecule has 0 aliphatic carbocycles. The van der Waals surface area contributed by atoms with E-state index in [0.29, 0.717) is 5.56 Å². The Balaban J connectivity index is 1.51. The third-order valence-corrected chi connectivity index (χ3v) is 5.86. The number of amides is 1. The molecule has 2 aliphatic heterocycles. The van der Waals surface area contributed by atoms with Crippen LogP contribution in [-0.4, -0.2) is 39.3 Å². The normalized spacial score (nSPS) is 18.4. The number of benzene rings is 3. The number of hydrogen-bond donors (Lipinski definition) is 1. The molecule has 31 heavy (non-hydrogen) atoms. The van der Waals surface area contributed by atoms with Crippen molar-refractivity contribution in [3.8, 4) is 5.75 Å². The van der Waals surface area contributed by atoms with Crippen molar-refractivity contribution in [2.24, 2.45) is 0 Å². The highest BCUT2D eigenvalue weighted by atomic mass is 16.5. The smallest absolute Gasteiger partial charge is 0.262 e. The van der Waals surface area contributed by atoms with Crippen LogP contribution in [0.1, 0.15) is 22.1 Å². The molecule has 5 rings (SSSR count). The number of methoxy groups -OCH3 is 1.